The molecule has 386 valence electrons. The quantitative estimate of drug-likeness (QED) is 0.0344. The van der Waals surface area contributed by atoms with E-state index in [1.165, 1.54) is 218 Å². The Balaban J connectivity index is 4.24. The van der Waals surface area contributed by atoms with Crippen molar-refractivity contribution in [3.63, 3.8) is 0 Å². The van der Waals surface area contributed by atoms with E-state index in [0.717, 1.165) is 69.6 Å². The standard InChI is InChI=1S/C59H114O6/c1-6-7-8-9-10-11-12-13-18-22-25-28-34-39-44-49-57(60)63-52-56(53-64-58(61)50-45-40-35-31-30-33-38-43-48-55(4)5)65-59(62)51-46-41-36-29-26-23-20-17-15-14-16-19-21-24-27-32-37-42-47-54(2)3/h54-56H,6-53H2,1-5H3/t56-/m0/s1. The van der Waals surface area contributed by atoms with Gasteiger partial charge in [0.1, 0.15) is 13.2 Å². The third-order valence-electron chi connectivity index (χ3n) is 13.5. The van der Waals surface area contributed by atoms with Gasteiger partial charge in [-0.25, -0.2) is 0 Å². The molecule has 65 heavy (non-hydrogen) atoms. The Morgan fingerprint density at radius 3 is 0.754 bits per heavy atom. The van der Waals surface area contributed by atoms with Crippen molar-refractivity contribution in [2.24, 2.45) is 11.8 Å². The van der Waals surface area contributed by atoms with E-state index in [0.29, 0.717) is 19.3 Å². The Bertz CT molecular complexity index is 993. The van der Waals surface area contributed by atoms with Crippen molar-refractivity contribution < 1.29 is 28.6 Å². The predicted octanol–water partition coefficient (Wildman–Crippen LogP) is 19.3. The summed E-state index contributed by atoms with van der Waals surface area (Å²) in [5, 5.41) is 0. The fourth-order valence-electron chi connectivity index (χ4n) is 9.05. The van der Waals surface area contributed by atoms with E-state index in [1.807, 2.05) is 0 Å². The molecule has 0 amide bonds. The summed E-state index contributed by atoms with van der Waals surface area (Å²) in [6.07, 6.45) is 55.3. The van der Waals surface area contributed by atoms with Gasteiger partial charge in [-0.2, -0.15) is 0 Å². The highest BCUT2D eigenvalue weighted by Crippen LogP contribution is 2.18. The Hall–Kier alpha value is -1.59. The van der Waals surface area contributed by atoms with Crippen LogP contribution in [0.5, 0.6) is 0 Å². The van der Waals surface area contributed by atoms with E-state index < -0.39 is 6.10 Å². The number of unbranched alkanes of at least 4 members (excludes halogenated alkanes) is 38. The van der Waals surface area contributed by atoms with Crippen LogP contribution in [0.2, 0.25) is 0 Å². The van der Waals surface area contributed by atoms with E-state index in [1.54, 1.807) is 0 Å². The minimum atomic E-state index is -0.763. The molecule has 6 heteroatoms. The lowest BCUT2D eigenvalue weighted by Gasteiger charge is -2.18. The van der Waals surface area contributed by atoms with Crippen LogP contribution in [0.15, 0.2) is 0 Å². The van der Waals surface area contributed by atoms with Gasteiger partial charge in [0.05, 0.1) is 0 Å². The predicted molar refractivity (Wildman–Crippen MR) is 280 cm³/mol. The molecule has 0 saturated carbocycles. The molecule has 0 aliphatic heterocycles. The van der Waals surface area contributed by atoms with Crippen LogP contribution in [0.4, 0.5) is 0 Å². The first kappa shape index (κ1) is 63.4. The smallest absolute Gasteiger partial charge is 0.306 e. The second-order valence-electron chi connectivity index (χ2n) is 21.2. The van der Waals surface area contributed by atoms with E-state index in [4.69, 9.17) is 14.2 Å². The molecular formula is C59H114O6. The first-order valence-corrected chi connectivity index (χ1v) is 29.2. The molecule has 0 unspecified atom stereocenters. The van der Waals surface area contributed by atoms with Crippen LogP contribution in [0.25, 0.3) is 0 Å². The van der Waals surface area contributed by atoms with Gasteiger partial charge in [-0.15, -0.1) is 0 Å². The summed E-state index contributed by atoms with van der Waals surface area (Å²) in [6, 6.07) is 0. The van der Waals surface area contributed by atoms with Gasteiger partial charge in [0.25, 0.3) is 0 Å². The molecule has 6 nitrogen and oxygen atoms in total. The fourth-order valence-corrected chi connectivity index (χ4v) is 9.05. The minimum absolute atomic E-state index is 0.0630. The van der Waals surface area contributed by atoms with Crippen LogP contribution in [0.3, 0.4) is 0 Å². The molecule has 0 aromatic heterocycles. The van der Waals surface area contributed by atoms with Crippen LogP contribution in [0.1, 0.15) is 330 Å². The van der Waals surface area contributed by atoms with Gasteiger partial charge in [-0.05, 0) is 31.1 Å². The van der Waals surface area contributed by atoms with Gasteiger partial charge in [-0.1, -0.05) is 291 Å². The van der Waals surface area contributed by atoms with Crippen molar-refractivity contribution in [1.82, 2.24) is 0 Å². The zero-order chi connectivity index (χ0) is 47.5. The highest BCUT2D eigenvalue weighted by molar-refractivity contribution is 5.71. The second-order valence-corrected chi connectivity index (χ2v) is 21.2. The van der Waals surface area contributed by atoms with Crippen molar-refractivity contribution in [2.45, 2.75) is 336 Å². The van der Waals surface area contributed by atoms with Crippen molar-refractivity contribution in [1.29, 1.82) is 0 Å². The molecule has 0 aliphatic rings. The first-order valence-electron chi connectivity index (χ1n) is 29.2. The molecule has 0 heterocycles. The monoisotopic (exact) mass is 919 g/mol. The van der Waals surface area contributed by atoms with Gasteiger partial charge in [0.15, 0.2) is 6.10 Å². The van der Waals surface area contributed by atoms with Gasteiger partial charge >= 0.3 is 17.9 Å². The Morgan fingerprint density at radius 2 is 0.508 bits per heavy atom. The van der Waals surface area contributed by atoms with Crippen LogP contribution in [-0.2, 0) is 28.6 Å². The normalized spacial score (nSPS) is 12.0. The zero-order valence-electron chi connectivity index (χ0n) is 44.6. The summed E-state index contributed by atoms with van der Waals surface area (Å²) in [6.45, 7) is 11.4. The lowest BCUT2D eigenvalue weighted by molar-refractivity contribution is -0.167. The highest BCUT2D eigenvalue weighted by Gasteiger charge is 2.19. The summed E-state index contributed by atoms with van der Waals surface area (Å²) >= 11 is 0. The molecule has 0 rings (SSSR count). The summed E-state index contributed by atoms with van der Waals surface area (Å²) in [5.41, 5.74) is 0. The Labute approximate surface area is 406 Å². The van der Waals surface area contributed by atoms with Gasteiger partial charge in [0, 0.05) is 19.3 Å². The summed E-state index contributed by atoms with van der Waals surface area (Å²) in [7, 11) is 0. The van der Waals surface area contributed by atoms with E-state index in [9.17, 15) is 14.4 Å². The second kappa shape index (κ2) is 51.8. The summed E-state index contributed by atoms with van der Waals surface area (Å²) in [5.74, 6) is 0.814. The molecule has 0 fully saturated rings. The highest BCUT2D eigenvalue weighted by atomic mass is 16.6. The summed E-state index contributed by atoms with van der Waals surface area (Å²) in [4.78, 5) is 38.1. The van der Waals surface area contributed by atoms with Crippen molar-refractivity contribution in [3.05, 3.63) is 0 Å². The molecule has 0 aromatic rings. The van der Waals surface area contributed by atoms with Crippen LogP contribution in [-0.4, -0.2) is 37.2 Å². The van der Waals surface area contributed by atoms with E-state index in [-0.39, 0.29) is 31.1 Å². The van der Waals surface area contributed by atoms with Gasteiger partial charge < -0.3 is 14.2 Å². The van der Waals surface area contributed by atoms with Crippen LogP contribution in [0, 0.1) is 11.8 Å². The maximum Gasteiger partial charge on any atom is 0.306 e. The van der Waals surface area contributed by atoms with Crippen LogP contribution < -0.4 is 0 Å². The molecule has 0 N–H and O–H groups in total. The largest absolute Gasteiger partial charge is 0.462 e. The SMILES string of the molecule is CCCCCCCCCCCCCCCCCC(=O)OC[C@@H](COC(=O)CCCCCCCCCCC(C)C)OC(=O)CCCCCCCCCCCCCCCCCCCCC(C)C. The van der Waals surface area contributed by atoms with E-state index in [2.05, 4.69) is 34.6 Å². The number of hydrogen-bond donors (Lipinski definition) is 0. The average molecular weight is 920 g/mol. The lowest BCUT2D eigenvalue weighted by Crippen LogP contribution is -2.30. The number of hydrogen-bond acceptors (Lipinski definition) is 6. The maximum absolute atomic E-state index is 12.9. The van der Waals surface area contributed by atoms with Crippen molar-refractivity contribution >= 4 is 17.9 Å². The molecule has 0 bridgehead atoms. The Morgan fingerprint density at radius 1 is 0.292 bits per heavy atom. The van der Waals surface area contributed by atoms with Gasteiger partial charge in [-0.3, -0.25) is 14.4 Å². The first-order chi connectivity index (χ1) is 31.7. The molecule has 1 atom stereocenters. The van der Waals surface area contributed by atoms with Crippen molar-refractivity contribution in [3.8, 4) is 0 Å². The minimum Gasteiger partial charge on any atom is -0.462 e. The molecule has 0 aliphatic carbocycles. The molecular weight excluding hydrogens is 805 g/mol. The topological polar surface area (TPSA) is 78.9 Å². The molecule has 0 aromatic carbocycles. The molecule has 0 radical (unpaired) electrons. The number of carbonyl (C=O) groups is 3. The zero-order valence-corrected chi connectivity index (χ0v) is 44.6. The van der Waals surface area contributed by atoms with Gasteiger partial charge in [0.2, 0.25) is 0 Å². The van der Waals surface area contributed by atoms with Crippen LogP contribution >= 0.6 is 0 Å². The third-order valence-corrected chi connectivity index (χ3v) is 13.5. The number of carbonyl (C=O) groups excluding carboxylic acids is 3. The molecule has 0 spiro atoms. The van der Waals surface area contributed by atoms with E-state index >= 15 is 0 Å². The lowest BCUT2D eigenvalue weighted by atomic mass is 10.0. The molecule has 0 saturated heterocycles. The number of rotatable bonds is 53. The average Bonchev–Trinajstić information content (AvgIpc) is 3.28. The third kappa shape index (κ3) is 53.2. The number of esters is 3. The Kier molecular flexibility index (Phi) is 50.5. The maximum atomic E-state index is 12.9. The fraction of sp³-hybridized carbons (Fsp3) is 0.949. The van der Waals surface area contributed by atoms with Crippen molar-refractivity contribution in [2.75, 3.05) is 13.2 Å². The summed E-state index contributed by atoms with van der Waals surface area (Å²) < 4.78 is 16.9. The number of ether oxygens (including phenoxy) is 3.